The molecular weight excluding hydrogens is 397 g/mol. The molecule has 1 heterocycles. The lowest BCUT2D eigenvalue weighted by Gasteiger charge is -2.14. The van der Waals surface area contributed by atoms with Crippen LogP contribution in [0.5, 0.6) is 0 Å². The molecule has 0 aliphatic rings. The third-order valence-corrected chi connectivity index (χ3v) is 4.78. The van der Waals surface area contributed by atoms with Crippen LogP contribution in [0.3, 0.4) is 0 Å². The summed E-state index contributed by atoms with van der Waals surface area (Å²) < 4.78 is 2.44. The fourth-order valence-electron chi connectivity index (χ4n) is 1.61. The maximum absolute atomic E-state index is 3.50. The average Bonchev–Trinajstić information content (AvgIpc) is 2.69. The Bertz CT molecular complexity index is 466. The van der Waals surface area contributed by atoms with Crippen molar-refractivity contribution < 1.29 is 0 Å². The van der Waals surface area contributed by atoms with Gasteiger partial charge in [0.25, 0.3) is 0 Å². The summed E-state index contributed by atoms with van der Waals surface area (Å²) in [6, 6.07) is 13.2. The quantitative estimate of drug-likeness (QED) is 0.742. The summed E-state index contributed by atoms with van der Waals surface area (Å²) in [4.78, 5) is 1.33. The molecule has 1 atom stereocenters. The molecule has 0 aliphatic heterocycles. The van der Waals surface area contributed by atoms with E-state index in [0.29, 0.717) is 0 Å². The summed E-state index contributed by atoms with van der Waals surface area (Å²) in [5.41, 5.74) is 1.30. The van der Waals surface area contributed by atoms with E-state index in [2.05, 4.69) is 80.2 Å². The predicted molar refractivity (Wildman–Crippen MR) is 82.1 cm³/mol. The van der Waals surface area contributed by atoms with Gasteiger partial charge >= 0.3 is 0 Å². The molecule has 84 valence electrons. The number of nitrogens with one attached hydrogen (secondary N) is 1. The standard InChI is InChI=1S/C12H11BrINS/c1-15-12(10-6-7-11(13)16-10)8-2-4-9(14)5-3-8/h2-7,12,15H,1H3. The fraction of sp³-hybridized carbons (Fsp3) is 0.167. The van der Waals surface area contributed by atoms with E-state index in [1.807, 2.05) is 7.05 Å². The van der Waals surface area contributed by atoms with Crippen molar-refractivity contribution in [3.8, 4) is 0 Å². The molecule has 1 aromatic heterocycles. The van der Waals surface area contributed by atoms with Gasteiger partial charge in [0.05, 0.1) is 9.83 Å². The van der Waals surface area contributed by atoms with E-state index in [1.165, 1.54) is 17.8 Å². The molecule has 2 rings (SSSR count). The highest BCUT2D eigenvalue weighted by Gasteiger charge is 2.13. The van der Waals surface area contributed by atoms with Gasteiger partial charge in [-0.1, -0.05) is 12.1 Å². The molecule has 0 amide bonds. The summed E-state index contributed by atoms with van der Waals surface area (Å²) in [5.74, 6) is 0. The third-order valence-electron chi connectivity index (χ3n) is 2.37. The van der Waals surface area contributed by atoms with Crippen LogP contribution in [0, 0.1) is 3.57 Å². The molecule has 0 saturated heterocycles. The number of thiophene rings is 1. The van der Waals surface area contributed by atoms with Crippen LogP contribution in [0.25, 0.3) is 0 Å². The summed E-state index contributed by atoms with van der Waals surface area (Å²) in [5, 5.41) is 3.35. The van der Waals surface area contributed by atoms with Crippen molar-refractivity contribution in [1.29, 1.82) is 0 Å². The van der Waals surface area contributed by atoms with Crippen LogP contribution in [0.4, 0.5) is 0 Å². The first kappa shape index (κ1) is 12.5. The van der Waals surface area contributed by atoms with Gasteiger partial charge in [-0.25, -0.2) is 0 Å². The van der Waals surface area contributed by atoms with E-state index in [1.54, 1.807) is 11.3 Å². The fourth-order valence-corrected chi connectivity index (χ4v) is 3.53. The normalized spacial score (nSPS) is 12.7. The highest BCUT2D eigenvalue weighted by molar-refractivity contribution is 14.1. The van der Waals surface area contributed by atoms with Gasteiger partial charge in [0.15, 0.2) is 0 Å². The van der Waals surface area contributed by atoms with Gasteiger partial charge in [-0.15, -0.1) is 11.3 Å². The van der Waals surface area contributed by atoms with Crippen LogP contribution in [0.2, 0.25) is 0 Å². The lowest BCUT2D eigenvalue weighted by molar-refractivity contribution is 0.704. The van der Waals surface area contributed by atoms with Crippen LogP contribution in [0.15, 0.2) is 40.2 Å². The summed E-state index contributed by atoms with van der Waals surface area (Å²) in [6.07, 6.45) is 0. The zero-order valence-corrected chi connectivity index (χ0v) is 13.3. The summed E-state index contributed by atoms with van der Waals surface area (Å²) in [7, 11) is 2.00. The first-order chi connectivity index (χ1) is 7.70. The first-order valence-corrected chi connectivity index (χ1v) is 7.57. The smallest absolute Gasteiger partial charge is 0.0702 e. The molecule has 0 spiro atoms. The SMILES string of the molecule is CNC(c1ccc(I)cc1)c1ccc(Br)s1. The van der Waals surface area contributed by atoms with Crippen LogP contribution in [-0.4, -0.2) is 7.05 Å². The van der Waals surface area contributed by atoms with Gasteiger partial charge in [-0.3, -0.25) is 0 Å². The lowest BCUT2D eigenvalue weighted by Crippen LogP contribution is -2.16. The number of hydrogen-bond donors (Lipinski definition) is 1. The van der Waals surface area contributed by atoms with Gasteiger partial charge in [-0.05, 0) is 75.4 Å². The molecule has 0 radical (unpaired) electrons. The molecule has 0 saturated carbocycles. The number of halogens is 2. The molecule has 1 nitrogen and oxygen atoms in total. The highest BCUT2D eigenvalue weighted by Crippen LogP contribution is 2.31. The molecule has 0 bridgehead atoms. The minimum atomic E-state index is 0.285. The summed E-state index contributed by atoms with van der Waals surface area (Å²) >= 11 is 7.60. The molecule has 0 aliphatic carbocycles. The Kier molecular flexibility index (Phi) is 4.41. The van der Waals surface area contributed by atoms with E-state index in [9.17, 15) is 0 Å². The second-order valence-corrected chi connectivity index (χ2v) is 7.16. The average molecular weight is 408 g/mol. The van der Waals surface area contributed by atoms with Gasteiger partial charge in [-0.2, -0.15) is 0 Å². The van der Waals surface area contributed by atoms with Crippen LogP contribution >= 0.6 is 49.9 Å². The third kappa shape index (κ3) is 2.85. The van der Waals surface area contributed by atoms with E-state index < -0.39 is 0 Å². The molecular formula is C12H11BrINS. The zero-order chi connectivity index (χ0) is 11.5. The topological polar surface area (TPSA) is 12.0 Å². The van der Waals surface area contributed by atoms with Gasteiger partial charge in [0.1, 0.15) is 0 Å². The Labute approximate surface area is 122 Å². The number of hydrogen-bond acceptors (Lipinski definition) is 2. The van der Waals surface area contributed by atoms with E-state index >= 15 is 0 Å². The second-order valence-electron chi connectivity index (χ2n) is 3.42. The van der Waals surface area contributed by atoms with Crippen LogP contribution in [0.1, 0.15) is 16.5 Å². The Morgan fingerprint density at radius 2 is 1.88 bits per heavy atom. The predicted octanol–water partition coefficient (Wildman–Crippen LogP) is 4.42. The van der Waals surface area contributed by atoms with Crippen molar-refractivity contribution in [2.24, 2.45) is 0 Å². The van der Waals surface area contributed by atoms with Crippen molar-refractivity contribution in [1.82, 2.24) is 5.32 Å². The van der Waals surface area contributed by atoms with Crippen LogP contribution in [-0.2, 0) is 0 Å². The van der Waals surface area contributed by atoms with E-state index in [4.69, 9.17) is 0 Å². The molecule has 2 aromatic rings. The molecule has 1 N–H and O–H groups in total. The minimum absolute atomic E-state index is 0.285. The Morgan fingerprint density at radius 1 is 1.19 bits per heavy atom. The molecule has 0 fully saturated rings. The van der Waals surface area contributed by atoms with Crippen molar-refractivity contribution in [3.63, 3.8) is 0 Å². The van der Waals surface area contributed by atoms with Gasteiger partial charge in [0, 0.05) is 8.45 Å². The van der Waals surface area contributed by atoms with Crippen molar-refractivity contribution in [2.45, 2.75) is 6.04 Å². The molecule has 1 aromatic carbocycles. The monoisotopic (exact) mass is 407 g/mol. The number of benzene rings is 1. The van der Waals surface area contributed by atoms with Gasteiger partial charge in [0.2, 0.25) is 0 Å². The lowest BCUT2D eigenvalue weighted by atomic mass is 10.1. The van der Waals surface area contributed by atoms with Gasteiger partial charge < -0.3 is 5.32 Å². The number of rotatable bonds is 3. The van der Waals surface area contributed by atoms with Crippen LogP contribution < -0.4 is 5.32 Å². The Morgan fingerprint density at radius 3 is 2.38 bits per heavy atom. The maximum Gasteiger partial charge on any atom is 0.0702 e. The van der Waals surface area contributed by atoms with E-state index in [-0.39, 0.29) is 6.04 Å². The summed E-state index contributed by atoms with van der Waals surface area (Å²) in [6.45, 7) is 0. The zero-order valence-electron chi connectivity index (χ0n) is 8.71. The Hall–Kier alpha value is 0.0900. The Balaban J connectivity index is 2.32. The molecule has 4 heteroatoms. The molecule has 1 unspecified atom stereocenters. The minimum Gasteiger partial charge on any atom is -0.309 e. The van der Waals surface area contributed by atoms with E-state index in [0.717, 1.165) is 0 Å². The van der Waals surface area contributed by atoms with Crippen molar-refractivity contribution in [3.05, 3.63) is 54.2 Å². The van der Waals surface area contributed by atoms with Crippen molar-refractivity contribution >= 4 is 49.9 Å². The second kappa shape index (κ2) is 5.62. The largest absolute Gasteiger partial charge is 0.309 e. The maximum atomic E-state index is 3.50. The first-order valence-electron chi connectivity index (χ1n) is 4.88. The highest BCUT2D eigenvalue weighted by atomic mass is 127. The molecule has 16 heavy (non-hydrogen) atoms. The van der Waals surface area contributed by atoms with Crippen molar-refractivity contribution in [2.75, 3.05) is 7.05 Å².